The van der Waals surface area contributed by atoms with E-state index >= 15 is 0 Å². The van der Waals surface area contributed by atoms with Gasteiger partial charge in [0.15, 0.2) is 6.10 Å². The quantitative estimate of drug-likeness (QED) is 0.527. The van der Waals surface area contributed by atoms with Crippen LogP contribution < -0.4 is 15.2 Å². The minimum atomic E-state index is -0.710. The summed E-state index contributed by atoms with van der Waals surface area (Å²) in [5.41, 5.74) is 7.34. The van der Waals surface area contributed by atoms with Gasteiger partial charge in [0.2, 0.25) is 0 Å². The third-order valence-electron chi connectivity index (χ3n) is 2.74. The lowest BCUT2D eigenvalue weighted by Crippen LogP contribution is -2.28. The SMILES string of the molecule is Cc1ccc(OC(=O)[C@@H](C)Oc2cccc(N)c2)cc1. The van der Waals surface area contributed by atoms with Crippen molar-refractivity contribution in [1.82, 2.24) is 0 Å². The molecule has 0 aliphatic rings. The van der Waals surface area contributed by atoms with Crippen molar-refractivity contribution in [3.63, 3.8) is 0 Å². The predicted octanol–water partition coefficient (Wildman–Crippen LogP) is 2.95. The Bertz CT molecular complexity index is 593. The summed E-state index contributed by atoms with van der Waals surface area (Å²) in [6, 6.07) is 14.2. The average molecular weight is 271 g/mol. The highest BCUT2D eigenvalue weighted by Gasteiger charge is 2.17. The minimum Gasteiger partial charge on any atom is -0.479 e. The van der Waals surface area contributed by atoms with Crippen LogP contribution in [-0.2, 0) is 4.79 Å². The molecule has 2 aromatic carbocycles. The molecule has 4 heteroatoms. The molecule has 0 saturated heterocycles. The summed E-state index contributed by atoms with van der Waals surface area (Å²) in [6.07, 6.45) is -0.710. The number of ether oxygens (including phenoxy) is 2. The first-order chi connectivity index (χ1) is 9.54. The summed E-state index contributed by atoms with van der Waals surface area (Å²) >= 11 is 0. The smallest absolute Gasteiger partial charge is 0.352 e. The second-order valence-electron chi connectivity index (χ2n) is 4.57. The summed E-state index contributed by atoms with van der Waals surface area (Å²) in [6.45, 7) is 3.61. The number of nitrogens with two attached hydrogens (primary N) is 1. The van der Waals surface area contributed by atoms with Gasteiger partial charge >= 0.3 is 5.97 Å². The van der Waals surface area contributed by atoms with Crippen molar-refractivity contribution in [2.75, 3.05) is 5.73 Å². The van der Waals surface area contributed by atoms with E-state index in [-0.39, 0.29) is 0 Å². The lowest BCUT2D eigenvalue weighted by atomic mass is 10.2. The van der Waals surface area contributed by atoms with Gasteiger partial charge in [-0.05, 0) is 38.1 Å². The van der Waals surface area contributed by atoms with Crippen LogP contribution in [0.25, 0.3) is 0 Å². The van der Waals surface area contributed by atoms with Gasteiger partial charge in [-0.25, -0.2) is 4.79 Å². The van der Waals surface area contributed by atoms with Gasteiger partial charge in [-0.15, -0.1) is 0 Å². The molecular formula is C16H17NO3. The Morgan fingerprint density at radius 2 is 1.80 bits per heavy atom. The van der Waals surface area contributed by atoms with Crippen LogP contribution in [-0.4, -0.2) is 12.1 Å². The molecule has 0 radical (unpaired) electrons. The molecule has 4 nitrogen and oxygen atoms in total. The maximum absolute atomic E-state index is 11.9. The summed E-state index contributed by atoms with van der Waals surface area (Å²) in [7, 11) is 0. The zero-order valence-corrected chi connectivity index (χ0v) is 11.5. The fourth-order valence-corrected chi connectivity index (χ4v) is 1.65. The molecule has 0 amide bonds. The normalized spacial score (nSPS) is 11.7. The Morgan fingerprint density at radius 3 is 2.45 bits per heavy atom. The van der Waals surface area contributed by atoms with E-state index in [2.05, 4.69) is 0 Å². The first kappa shape index (κ1) is 13.9. The van der Waals surface area contributed by atoms with E-state index in [1.165, 1.54) is 0 Å². The molecule has 2 rings (SSSR count). The Balaban J connectivity index is 1.96. The van der Waals surface area contributed by atoms with Crippen LogP contribution in [0.1, 0.15) is 12.5 Å². The van der Waals surface area contributed by atoms with E-state index in [9.17, 15) is 4.79 Å². The van der Waals surface area contributed by atoms with E-state index in [0.717, 1.165) is 5.56 Å². The molecule has 0 bridgehead atoms. The highest BCUT2D eigenvalue weighted by Crippen LogP contribution is 2.17. The van der Waals surface area contributed by atoms with Gasteiger partial charge in [-0.1, -0.05) is 23.8 Å². The largest absolute Gasteiger partial charge is 0.479 e. The zero-order valence-electron chi connectivity index (χ0n) is 11.5. The Hall–Kier alpha value is -2.49. The van der Waals surface area contributed by atoms with Crippen LogP contribution in [0.2, 0.25) is 0 Å². The van der Waals surface area contributed by atoms with Crippen LogP contribution in [0, 0.1) is 6.92 Å². The monoisotopic (exact) mass is 271 g/mol. The predicted molar refractivity (Wildman–Crippen MR) is 77.8 cm³/mol. The van der Waals surface area contributed by atoms with E-state index in [4.69, 9.17) is 15.2 Å². The van der Waals surface area contributed by atoms with Gasteiger partial charge in [-0.2, -0.15) is 0 Å². The van der Waals surface area contributed by atoms with Gasteiger partial charge in [-0.3, -0.25) is 0 Å². The molecule has 0 heterocycles. The van der Waals surface area contributed by atoms with Crippen molar-refractivity contribution in [2.45, 2.75) is 20.0 Å². The number of carbonyl (C=O) groups is 1. The van der Waals surface area contributed by atoms with Crippen LogP contribution in [0.5, 0.6) is 11.5 Å². The summed E-state index contributed by atoms with van der Waals surface area (Å²) in [5.74, 6) is 0.596. The second kappa shape index (κ2) is 6.10. The summed E-state index contributed by atoms with van der Waals surface area (Å²) in [5, 5.41) is 0. The van der Waals surface area contributed by atoms with E-state index in [0.29, 0.717) is 17.2 Å². The van der Waals surface area contributed by atoms with Gasteiger partial charge in [0.25, 0.3) is 0 Å². The van der Waals surface area contributed by atoms with E-state index < -0.39 is 12.1 Å². The van der Waals surface area contributed by atoms with Crippen molar-refractivity contribution in [3.8, 4) is 11.5 Å². The molecule has 0 spiro atoms. The number of anilines is 1. The Morgan fingerprint density at radius 1 is 1.10 bits per heavy atom. The van der Waals surface area contributed by atoms with Crippen LogP contribution in [0.4, 0.5) is 5.69 Å². The number of aryl methyl sites for hydroxylation is 1. The number of hydrogen-bond donors (Lipinski definition) is 1. The van der Waals surface area contributed by atoms with Crippen LogP contribution >= 0.6 is 0 Å². The van der Waals surface area contributed by atoms with Gasteiger partial charge in [0, 0.05) is 11.8 Å². The number of carbonyl (C=O) groups excluding carboxylic acids is 1. The van der Waals surface area contributed by atoms with Crippen molar-refractivity contribution < 1.29 is 14.3 Å². The van der Waals surface area contributed by atoms with Crippen molar-refractivity contribution >= 4 is 11.7 Å². The highest BCUT2D eigenvalue weighted by molar-refractivity contribution is 5.77. The standard InChI is InChI=1S/C16H17NO3/c1-11-6-8-14(9-7-11)20-16(18)12(2)19-15-5-3-4-13(17)10-15/h3-10,12H,17H2,1-2H3/t12-/m1/s1. The van der Waals surface area contributed by atoms with Crippen LogP contribution in [0.15, 0.2) is 48.5 Å². The number of hydrogen-bond acceptors (Lipinski definition) is 4. The van der Waals surface area contributed by atoms with Crippen LogP contribution in [0.3, 0.4) is 0 Å². The van der Waals surface area contributed by atoms with Crippen molar-refractivity contribution in [2.24, 2.45) is 0 Å². The second-order valence-corrected chi connectivity index (χ2v) is 4.57. The van der Waals surface area contributed by atoms with E-state index in [1.807, 2.05) is 19.1 Å². The summed E-state index contributed by atoms with van der Waals surface area (Å²) < 4.78 is 10.7. The lowest BCUT2D eigenvalue weighted by Gasteiger charge is -2.14. The fraction of sp³-hybridized carbons (Fsp3) is 0.188. The molecule has 2 aromatic rings. The lowest BCUT2D eigenvalue weighted by molar-refractivity contribution is -0.141. The zero-order chi connectivity index (χ0) is 14.5. The molecular weight excluding hydrogens is 254 g/mol. The third kappa shape index (κ3) is 3.75. The maximum atomic E-state index is 11.9. The first-order valence-corrected chi connectivity index (χ1v) is 6.35. The van der Waals surface area contributed by atoms with Gasteiger partial charge in [0.05, 0.1) is 0 Å². The van der Waals surface area contributed by atoms with Gasteiger partial charge in [0.1, 0.15) is 11.5 Å². The number of esters is 1. The molecule has 20 heavy (non-hydrogen) atoms. The van der Waals surface area contributed by atoms with E-state index in [1.54, 1.807) is 43.3 Å². The molecule has 104 valence electrons. The number of rotatable bonds is 4. The topological polar surface area (TPSA) is 61.5 Å². The molecule has 0 fully saturated rings. The molecule has 0 saturated carbocycles. The van der Waals surface area contributed by atoms with Crippen molar-refractivity contribution in [3.05, 3.63) is 54.1 Å². The average Bonchev–Trinajstić information content (AvgIpc) is 2.41. The van der Waals surface area contributed by atoms with Gasteiger partial charge < -0.3 is 15.2 Å². The van der Waals surface area contributed by atoms with Crippen molar-refractivity contribution in [1.29, 1.82) is 0 Å². The Kier molecular flexibility index (Phi) is 4.25. The molecule has 0 unspecified atom stereocenters. The molecule has 0 aromatic heterocycles. The fourth-order valence-electron chi connectivity index (χ4n) is 1.65. The Labute approximate surface area is 118 Å². The highest BCUT2D eigenvalue weighted by atomic mass is 16.6. The number of benzene rings is 2. The maximum Gasteiger partial charge on any atom is 0.352 e. The molecule has 1 atom stereocenters. The molecule has 2 N–H and O–H groups in total. The third-order valence-corrected chi connectivity index (χ3v) is 2.74. The first-order valence-electron chi connectivity index (χ1n) is 6.35. The summed E-state index contributed by atoms with van der Waals surface area (Å²) in [4.78, 5) is 11.9. The molecule has 0 aliphatic heterocycles. The number of nitrogen functional groups attached to an aromatic ring is 1. The molecule has 0 aliphatic carbocycles. The minimum absolute atomic E-state index is 0.448.